The van der Waals surface area contributed by atoms with Crippen LogP contribution >= 0.6 is 0 Å². The lowest BCUT2D eigenvalue weighted by atomic mass is 9.83. The summed E-state index contributed by atoms with van der Waals surface area (Å²) < 4.78 is 32.2. The zero-order valence-corrected chi connectivity index (χ0v) is 23.2. The van der Waals surface area contributed by atoms with Crippen LogP contribution in [-0.4, -0.2) is 56.9 Å². The highest BCUT2D eigenvalue weighted by Crippen LogP contribution is 2.38. The van der Waals surface area contributed by atoms with E-state index in [9.17, 15) is 14.4 Å². The average Bonchev–Trinajstić information content (AvgIpc) is 2.88. The minimum absolute atomic E-state index is 0.0293. The zero-order valence-electron chi connectivity index (χ0n) is 23.2. The third-order valence-electron chi connectivity index (χ3n) is 6.04. The van der Waals surface area contributed by atoms with Crippen molar-refractivity contribution in [2.75, 3.05) is 28.1 Å². The molecular weight excluding hydrogens is 494 g/mol. The van der Waals surface area contributed by atoms with Crippen molar-refractivity contribution in [3.63, 3.8) is 0 Å². The Bertz CT molecular complexity index is 1120. The van der Waals surface area contributed by atoms with E-state index >= 15 is 0 Å². The van der Waals surface area contributed by atoms with Gasteiger partial charge < -0.3 is 28.4 Å². The summed E-state index contributed by atoms with van der Waals surface area (Å²) in [7, 11) is 4.57. The van der Waals surface area contributed by atoms with Crippen molar-refractivity contribution in [2.24, 2.45) is 11.8 Å². The van der Waals surface area contributed by atoms with Crippen molar-refractivity contribution in [3.8, 4) is 23.0 Å². The largest absolute Gasteiger partial charge is 0.497 e. The molecule has 0 aliphatic rings. The molecule has 0 aliphatic heterocycles. The standard InChI is InChI=1S/C28H37NO9/c1-16(2)25(21-10-9-20(33-6)14-24(21)35-8)18(4)38-28(32)17(3)13-22(31)26-27(37-15-36-19(5)30)23(34-7)11-12-29-26/h9-12,14,16-18,25H,13,15H2,1-8H3/t17-,18+,25-/m1/s1. The van der Waals surface area contributed by atoms with Gasteiger partial charge in [0, 0.05) is 43.2 Å². The number of rotatable bonds is 14. The van der Waals surface area contributed by atoms with E-state index in [1.54, 1.807) is 27.2 Å². The maximum Gasteiger partial charge on any atom is 0.309 e. The molecule has 0 radical (unpaired) electrons. The maximum atomic E-state index is 13.1. The number of hydrogen-bond donors (Lipinski definition) is 0. The highest BCUT2D eigenvalue weighted by Gasteiger charge is 2.31. The minimum Gasteiger partial charge on any atom is -0.497 e. The Morgan fingerprint density at radius 3 is 2.18 bits per heavy atom. The number of nitrogens with zero attached hydrogens (tertiary/aromatic N) is 1. The van der Waals surface area contributed by atoms with Crippen LogP contribution in [0.4, 0.5) is 0 Å². The lowest BCUT2D eigenvalue weighted by molar-refractivity contribution is -0.154. The molecule has 0 unspecified atom stereocenters. The van der Waals surface area contributed by atoms with Crippen LogP contribution in [0.3, 0.4) is 0 Å². The molecule has 2 rings (SSSR count). The van der Waals surface area contributed by atoms with Crippen molar-refractivity contribution in [1.29, 1.82) is 0 Å². The number of esters is 2. The van der Waals surface area contributed by atoms with E-state index in [0.29, 0.717) is 11.5 Å². The van der Waals surface area contributed by atoms with Gasteiger partial charge in [-0.25, -0.2) is 4.98 Å². The fourth-order valence-corrected chi connectivity index (χ4v) is 4.18. The molecule has 1 aromatic carbocycles. The Labute approximate surface area is 223 Å². The van der Waals surface area contributed by atoms with Gasteiger partial charge in [0.15, 0.2) is 23.0 Å². The molecule has 0 fully saturated rings. The second kappa shape index (κ2) is 14.2. The lowest BCUT2D eigenvalue weighted by Gasteiger charge is -2.30. The van der Waals surface area contributed by atoms with Crippen molar-refractivity contribution in [1.82, 2.24) is 4.98 Å². The number of benzene rings is 1. The molecule has 0 saturated carbocycles. The molecule has 2 aromatic rings. The Balaban J connectivity index is 2.17. The third kappa shape index (κ3) is 7.84. The molecule has 1 heterocycles. The number of methoxy groups -OCH3 is 3. The van der Waals surface area contributed by atoms with Crippen LogP contribution in [0.2, 0.25) is 0 Å². The van der Waals surface area contributed by atoms with Gasteiger partial charge in [0.2, 0.25) is 6.79 Å². The molecule has 10 nitrogen and oxygen atoms in total. The Hall–Kier alpha value is -3.82. The van der Waals surface area contributed by atoms with Crippen LogP contribution in [0.5, 0.6) is 23.0 Å². The second-order valence-electron chi connectivity index (χ2n) is 9.14. The third-order valence-corrected chi connectivity index (χ3v) is 6.04. The molecule has 0 aliphatic carbocycles. The van der Waals surface area contributed by atoms with E-state index in [-0.39, 0.29) is 35.4 Å². The van der Waals surface area contributed by atoms with Crippen LogP contribution in [0, 0.1) is 11.8 Å². The predicted octanol–water partition coefficient (Wildman–Crippen LogP) is 4.59. The van der Waals surface area contributed by atoms with Crippen LogP contribution in [0.1, 0.15) is 63.0 Å². The highest BCUT2D eigenvalue weighted by atomic mass is 16.7. The first-order valence-corrected chi connectivity index (χ1v) is 12.3. The first-order chi connectivity index (χ1) is 18.0. The Kier molecular flexibility index (Phi) is 11.4. The molecule has 0 spiro atoms. The lowest BCUT2D eigenvalue weighted by Crippen LogP contribution is -2.29. The van der Waals surface area contributed by atoms with Gasteiger partial charge >= 0.3 is 11.9 Å². The van der Waals surface area contributed by atoms with Gasteiger partial charge in [-0.3, -0.25) is 14.4 Å². The second-order valence-corrected chi connectivity index (χ2v) is 9.14. The van der Waals surface area contributed by atoms with Crippen molar-refractivity contribution >= 4 is 17.7 Å². The molecule has 0 N–H and O–H groups in total. The summed E-state index contributed by atoms with van der Waals surface area (Å²) in [5, 5.41) is 0. The topological polar surface area (TPSA) is 119 Å². The van der Waals surface area contributed by atoms with E-state index < -0.39 is 36.5 Å². The number of carbonyl (C=O) groups excluding carboxylic acids is 3. The number of pyridine rings is 1. The van der Waals surface area contributed by atoms with Crippen molar-refractivity contribution in [3.05, 3.63) is 41.7 Å². The first-order valence-electron chi connectivity index (χ1n) is 12.3. The molecule has 10 heteroatoms. The van der Waals surface area contributed by atoms with Crippen LogP contribution in [-0.2, 0) is 19.1 Å². The van der Waals surface area contributed by atoms with Gasteiger partial charge in [-0.1, -0.05) is 26.8 Å². The predicted molar refractivity (Wildman–Crippen MR) is 139 cm³/mol. The number of ketones is 1. The number of hydrogen-bond acceptors (Lipinski definition) is 10. The fourth-order valence-electron chi connectivity index (χ4n) is 4.18. The normalized spacial score (nSPS) is 13.2. The van der Waals surface area contributed by atoms with Crippen molar-refractivity contribution < 1.29 is 42.8 Å². The van der Waals surface area contributed by atoms with Crippen molar-refractivity contribution in [2.45, 2.75) is 53.1 Å². The molecule has 38 heavy (non-hydrogen) atoms. The van der Waals surface area contributed by atoms with Gasteiger partial charge in [0.25, 0.3) is 0 Å². The summed E-state index contributed by atoms with van der Waals surface area (Å²) in [6.45, 7) is 8.34. The van der Waals surface area contributed by atoms with Gasteiger partial charge in [-0.05, 0) is 18.9 Å². The average molecular weight is 532 g/mol. The molecule has 3 atom stereocenters. The van der Waals surface area contributed by atoms with E-state index in [2.05, 4.69) is 4.98 Å². The van der Waals surface area contributed by atoms with E-state index in [1.807, 2.05) is 32.9 Å². The summed E-state index contributed by atoms with van der Waals surface area (Å²) in [6, 6.07) is 7.05. The highest BCUT2D eigenvalue weighted by molar-refractivity contribution is 5.99. The van der Waals surface area contributed by atoms with Gasteiger partial charge in [-0.15, -0.1) is 0 Å². The van der Waals surface area contributed by atoms with Gasteiger partial charge in [0.1, 0.15) is 17.6 Å². The number of carbonyl (C=O) groups is 3. The SMILES string of the molecule is COc1ccc([C@H](C(C)C)[C@H](C)OC(=O)[C@H](C)CC(=O)c2nccc(OC)c2OCOC(C)=O)c(OC)c1. The molecule has 0 bridgehead atoms. The summed E-state index contributed by atoms with van der Waals surface area (Å²) in [5.74, 6) is -0.742. The monoisotopic (exact) mass is 531 g/mol. The van der Waals surface area contributed by atoms with Gasteiger partial charge in [-0.2, -0.15) is 0 Å². The molecule has 208 valence electrons. The molecule has 1 aromatic heterocycles. The number of Topliss-reactive ketones (excluding diaryl/α,β-unsaturated/α-hetero) is 1. The number of aromatic nitrogens is 1. The quantitative estimate of drug-likeness (QED) is 0.194. The molecular formula is C28H37NO9. The first kappa shape index (κ1) is 30.4. The number of ether oxygens (including phenoxy) is 6. The summed E-state index contributed by atoms with van der Waals surface area (Å²) in [4.78, 5) is 41.3. The fraction of sp³-hybridized carbons (Fsp3) is 0.500. The Morgan fingerprint density at radius 1 is 0.921 bits per heavy atom. The van der Waals surface area contributed by atoms with Gasteiger partial charge in [0.05, 0.1) is 27.2 Å². The van der Waals surface area contributed by atoms with E-state index in [1.165, 1.54) is 26.3 Å². The maximum absolute atomic E-state index is 13.1. The smallest absolute Gasteiger partial charge is 0.309 e. The molecule has 0 saturated heterocycles. The van der Waals surface area contributed by atoms with E-state index in [4.69, 9.17) is 28.4 Å². The summed E-state index contributed by atoms with van der Waals surface area (Å²) in [6.07, 6.45) is 0.721. The Morgan fingerprint density at radius 2 is 1.61 bits per heavy atom. The summed E-state index contributed by atoms with van der Waals surface area (Å²) in [5.41, 5.74) is 0.856. The van der Waals surface area contributed by atoms with Crippen LogP contribution in [0.15, 0.2) is 30.5 Å². The summed E-state index contributed by atoms with van der Waals surface area (Å²) >= 11 is 0. The minimum atomic E-state index is -0.759. The zero-order chi connectivity index (χ0) is 28.4. The van der Waals surface area contributed by atoms with Crippen LogP contribution < -0.4 is 18.9 Å². The van der Waals surface area contributed by atoms with E-state index in [0.717, 1.165) is 5.56 Å². The van der Waals surface area contributed by atoms with Crippen LogP contribution in [0.25, 0.3) is 0 Å². The molecule has 0 amide bonds.